The third-order valence-electron chi connectivity index (χ3n) is 3.18. The number of hydrogen-bond acceptors (Lipinski definition) is 2. The maximum atomic E-state index is 5.55. The standard InChI is InChI=1S/C12H18BrNO/c1-10-5-3-2-4-8-14(10)9-11-6-7-12(13)15-11/h6-7,10H,2-5,8-9H2,1H3. The van der Waals surface area contributed by atoms with Crippen LogP contribution in [0.4, 0.5) is 0 Å². The van der Waals surface area contributed by atoms with Crippen LogP contribution in [0.3, 0.4) is 0 Å². The monoisotopic (exact) mass is 271 g/mol. The fourth-order valence-electron chi connectivity index (χ4n) is 2.21. The van der Waals surface area contributed by atoms with Crippen molar-refractivity contribution in [2.75, 3.05) is 6.54 Å². The molecule has 1 atom stereocenters. The Balaban J connectivity index is 1.97. The van der Waals surface area contributed by atoms with Crippen LogP contribution in [0, 0.1) is 0 Å². The molecule has 0 saturated carbocycles. The lowest BCUT2D eigenvalue weighted by Gasteiger charge is -2.25. The highest BCUT2D eigenvalue weighted by Crippen LogP contribution is 2.21. The van der Waals surface area contributed by atoms with E-state index in [0.29, 0.717) is 6.04 Å². The zero-order chi connectivity index (χ0) is 10.7. The molecule has 2 heterocycles. The minimum absolute atomic E-state index is 0.691. The van der Waals surface area contributed by atoms with Crippen molar-refractivity contribution in [3.8, 4) is 0 Å². The van der Waals surface area contributed by atoms with Crippen LogP contribution in [0.5, 0.6) is 0 Å². The van der Waals surface area contributed by atoms with E-state index >= 15 is 0 Å². The molecule has 0 spiro atoms. The molecule has 15 heavy (non-hydrogen) atoms. The van der Waals surface area contributed by atoms with E-state index in [2.05, 4.69) is 33.8 Å². The summed E-state index contributed by atoms with van der Waals surface area (Å²) in [6, 6.07) is 4.72. The Morgan fingerprint density at radius 1 is 1.40 bits per heavy atom. The van der Waals surface area contributed by atoms with Gasteiger partial charge >= 0.3 is 0 Å². The van der Waals surface area contributed by atoms with Gasteiger partial charge in [0.25, 0.3) is 0 Å². The van der Waals surface area contributed by atoms with E-state index < -0.39 is 0 Å². The third-order valence-corrected chi connectivity index (χ3v) is 3.60. The first-order valence-corrected chi connectivity index (χ1v) is 6.53. The fourth-order valence-corrected chi connectivity index (χ4v) is 2.55. The van der Waals surface area contributed by atoms with Gasteiger partial charge in [-0.3, -0.25) is 4.90 Å². The van der Waals surface area contributed by atoms with E-state index in [9.17, 15) is 0 Å². The van der Waals surface area contributed by atoms with Crippen molar-refractivity contribution in [3.05, 3.63) is 22.6 Å². The minimum Gasteiger partial charge on any atom is -0.453 e. The normalized spacial score (nSPS) is 24.0. The van der Waals surface area contributed by atoms with Crippen LogP contribution in [0.2, 0.25) is 0 Å². The van der Waals surface area contributed by atoms with Crippen LogP contribution in [-0.4, -0.2) is 17.5 Å². The van der Waals surface area contributed by atoms with Crippen molar-refractivity contribution < 1.29 is 4.42 Å². The Morgan fingerprint density at radius 2 is 2.27 bits per heavy atom. The average molecular weight is 272 g/mol. The lowest BCUT2D eigenvalue weighted by atomic mass is 10.1. The predicted octanol–water partition coefficient (Wildman–Crippen LogP) is 3.81. The lowest BCUT2D eigenvalue weighted by molar-refractivity contribution is 0.188. The second-order valence-electron chi connectivity index (χ2n) is 4.37. The molecule has 1 aromatic rings. The lowest BCUT2D eigenvalue weighted by Crippen LogP contribution is -2.31. The Labute approximate surface area is 99.8 Å². The van der Waals surface area contributed by atoms with Crippen molar-refractivity contribution in [3.63, 3.8) is 0 Å². The zero-order valence-corrected chi connectivity index (χ0v) is 10.8. The highest BCUT2D eigenvalue weighted by atomic mass is 79.9. The van der Waals surface area contributed by atoms with Crippen LogP contribution in [0.25, 0.3) is 0 Å². The van der Waals surface area contributed by atoms with Crippen LogP contribution < -0.4 is 0 Å². The summed E-state index contributed by atoms with van der Waals surface area (Å²) in [5.74, 6) is 1.07. The number of hydrogen-bond donors (Lipinski definition) is 0. The molecule has 1 aromatic heterocycles. The van der Waals surface area contributed by atoms with Gasteiger partial charge in [-0.1, -0.05) is 12.8 Å². The van der Waals surface area contributed by atoms with Crippen molar-refractivity contribution in [2.45, 2.75) is 45.2 Å². The first-order chi connectivity index (χ1) is 7.25. The SMILES string of the molecule is CC1CCCCCN1Cc1ccc(Br)o1. The van der Waals surface area contributed by atoms with E-state index in [-0.39, 0.29) is 0 Å². The van der Waals surface area contributed by atoms with Gasteiger partial charge in [0.15, 0.2) is 4.67 Å². The van der Waals surface area contributed by atoms with E-state index in [1.165, 1.54) is 32.2 Å². The van der Waals surface area contributed by atoms with Crippen molar-refractivity contribution in [1.29, 1.82) is 0 Å². The topological polar surface area (TPSA) is 16.4 Å². The van der Waals surface area contributed by atoms with Gasteiger partial charge in [0.2, 0.25) is 0 Å². The molecule has 0 N–H and O–H groups in total. The number of rotatable bonds is 2. The summed E-state index contributed by atoms with van der Waals surface area (Å²) < 4.78 is 6.38. The summed E-state index contributed by atoms with van der Waals surface area (Å²) in [6.07, 6.45) is 5.40. The zero-order valence-electron chi connectivity index (χ0n) is 9.21. The molecule has 2 nitrogen and oxygen atoms in total. The van der Waals surface area contributed by atoms with Gasteiger partial charge in [0.1, 0.15) is 5.76 Å². The Hall–Kier alpha value is -0.280. The maximum Gasteiger partial charge on any atom is 0.169 e. The molecule has 0 amide bonds. The van der Waals surface area contributed by atoms with E-state index in [4.69, 9.17) is 4.42 Å². The van der Waals surface area contributed by atoms with Crippen LogP contribution in [0.15, 0.2) is 21.2 Å². The molecule has 0 radical (unpaired) electrons. The van der Waals surface area contributed by atoms with Crippen molar-refractivity contribution >= 4 is 15.9 Å². The van der Waals surface area contributed by atoms with Gasteiger partial charge in [0.05, 0.1) is 6.54 Å². The van der Waals surface area contributed by atoms with Gasteiger partial charge in [0, 0.05) is 6.04 Å². The van der Waals surface area contributed by atoms with Gasteiger partial charge in [-0.15, -0.1) is 0 Å². The number of furan rings is 1. The Morgan fingerprint density at radius 3 is 3.00 bits per heavy atom. The molecule has 1 aliphatic heterocycles. The molecule has 84 valence electrons. The van der Waals surface area contributed by atoms with Gasteiger partial charge in [-0.2, -0.15) is 0 Å². The second kappa shape index (κ2) is 5.17. The van der Waals surface area contributed by atoms with Crippen LogP contribution >= 0.6 is 15.9 Å². The van der Waals surface area contributed by atoms with Gasteiger partial charge in [-0.25, -0.2) is 0 Å². The van der Waals surface area contributed by atoms with E-state index in [1.807, 2.05) is 6.07 Å². The quantitative estimate of drug-likeness (QED) is 0.814. The highest BCUT2D eigenvalue weighted by molar-refractivity contribution is 9.10. The minimum atomic E-state index is 0.691. The summed E-state index contributed by atoms with van der Waals surface area (Å²) in [6.45, 7) is 4.48. The highest BCUT2D eigenvalue weighted by Gasteiger charge is 2.17. The average Bonchev–Trinajstić information content (AvgIpc) is 2.50. The molecule has 0 aromatic carbocycles. The van der Waals surface area contributed by atoms with Gasteiger partial charge < -0.3 is 4.42 Å². The Kier molecular flexibility index (Phi) is 3.87. The fraction of sp³-hybridized carbons (Fsp3) is 0.667. The molecule has 1 unspecified atom stereocenters. The summed E-state index contributed by atoms with van der Waals surface area (Å²) >= 11 is 3.34. The predicted molar refractivity (Wildman–Crippen MR) is 64.7 cm³/mol. The molecule has 1 aliphatic rings. The number of likely N-dealkylation sites (tertiary alicyclic amines) is 1. The first-order valence-electron chi connectivity index (χ1n) is 5.74. The molecular weight excluding hydrogens is 254 g/mol. The van der Waals surface area contributed by atoms with Crippen molar-refractivity contribution in [1.82, 2.24) is 4.90 Å². The van der Waals surface area contributed by atoms with E-state index in [1.54, 1.807) is 0 Å². The second-order valence-corrected chi connectivity index (χ2v) is 5.16. The maximum absolute atomic E-state index is 5.55. The smallest absolute Gasteiger partial charge is 0.169 e. The van der Waals surface area contributed by atoms with Gasteiger partial charge in [-0.05, 0) is 54.4 Å². The molecule has 0 aliphatic carbocycles. The first kappa shape index (κ1) is 11.2. The van der Waals surface area contributed by atoms with Crippen LogP contribution in [0.1, 0.15) is 38.4 Å². The molecular formula is C12H18BrNO. The number of nitrogens with zero attached hydrogens (tertiary/aromatic N) is 1. The molecule has 2 rings (SSSR count). The van der Waals surface area contributed by atoms with Crippen molar-refractivity contribution in [2.24, 2.45) is 0 Å². The van der Waals surface area contributed by atoms with Crippen LogP contribution in [-0.2, 0) is 6.54 Å². The summed E-state index contributed by atoms with van der Waals surface area (Å²) in [4.78, 5) is 2.53. The largest absolute Gasteiger partial charge is 0.453 e. The molecule has 3 heteroatoms. The summed E-state index contributed by atoms with van der Waals surface area (Å²) in [5.41, 5.74) is 0. The summed E-state index contributed by atoms with van der Waals surface area (Å²) in [5, 5.41) is 0. The number of halogens is 1. The summed E-state index contributed by atoms with van der Waals surface area (Å²) in [7, 11) is 0. The third kappa shape index (κ3) is 3.08. The van der Waals surface area contributed by atoms with E-state index in [0.717, 1.165) is 17.0 Å². The molecule has 1 fully saturated rings. The Bertz CT molecular complexity index is 310. The molecule has 0 bridgehead atoms. The molecule has 1 saturated heterocycles.